The zero-order valence-corrected chi connectivity index (χ0v) is 11.3. The first-order chi connectivity index (χ1) is 8.65. The van der Waals surface area contributed by atoms with Crippen LogP contribution in [0.4, 0.5) is 0 Å². The number of hydrogen-bond donors (Lipinski definition) is 1. The van der Waals surface area contributed by atoms with E-state index in [4.69, 9.17) is 5.73 Å². The normalized spacial score (nSPS) is 21.3. The first-order valence-corrected chi connectivity index (χ1v) is 6.67. The predicted octanol–water partition coefficient (Wildman–Crippen LogP) is 1.01. The van der Waals surface area contributed by atoms with Gasteiger partial charge in [-0.1, -0.05) is 6.92 Å². The Morgan fingerprint density at radius 2 is 2.44 bits per heavy atom. The van der Waals surface area contributed by atoms with Gasteiger partial charge in [0.2, 0.25) is 0 Å². The molecule has 100 valence electrons. The maximum absolute atomic E-state index is 6.04. The van der Waals surface area contributed by atoms with Crippen molar-refractivity contribution in [3.05, 3.63) is 18.0 Å². The molecule has 1 atom stereocenters. The van der Waals surface area contributed by atoms with Crippen LogP contribution in [-0.2, 0) is 13.5 Å². The van der Waals surface area contributed by atoms with Crippen LogP contribution < -0.4 is 5.73 Å². The topological polar surface area (TPSA) is 59.4 Å². The smallest absolute Gasteiger partial charge is 0.191 e. The van der Waals surface area contributed by atoms with Crippen molar-refractivity contribution in [2.45, 2.75) is 26.2 Å². The summed E-state index contributed by atoms with van der Waals surface area (Å²) < 4.78 is 1.81. The average Bonchev–Trinajstić information content (AvgIpc) is 2.75. The summed E-state index contributed by atoms with van der Waals surface area (Å²) in [6, 6.07) is 0. The lowest BCUT2D eigenvalue weighted by Gasteiger charge is -2.31. The van der Waals surface area contributed by atoms with E-state index in [-0.39, 0.29) is 0 Å². The van der Waals surface area contributed by atoms with Crippen LogP contribution >= 0.6 is 0 Å². The Kier molecular flexibility index (Phi) is 4.23. The third-order valence-corrected chi connectivity index (χ3v) is 3.41. The third kappa shape index (κ3) is 3.48. The number of guanidine groups is 1. The molecular formula is C13H23N5. The van der Waals surface area contributed by atoms with Crippen LogP contribution in [-0.4, -0.2) is 40.3 Å². The maximum Gasteiger partial charge on any atom is 0.191 e. The van der Waals surface area contributed by atoms with Crippen molar-refractivity contribution < 1.29 is 0 Å². The summed E-state index contributed by atoms with van der Waals surface area (Å²) in [5.74, 6) is 1.43. The van der Waals surface area contributed by atoms with Crippen molar-refractivity contribution in [3.63, 3.8) is 0 Å². The second-order valence-electron chi connectivity index (χ2n) is 5.21. The van der Waals surface area contributed by atoms with Crippen molar-refractivity contribution in [3.8, 4) is 0 Å². The first kappa shape index (κ1) is 12.9. The van der Waals surface area contributed by atoms with Gasteiger partial charge in [0.05, 0.1) is 6.20 Å². The Bertz CT molecular complexity index is 409. The number of aliphatic imine (C=N–C) groups is 1. The quantitative estimate of drug-likeness (QED) is 0.642. The van der Waals surface area contributed by atoms with Crippen LogP contribution in [0.2, 0.25) is 0 Å². The maximum atomic E-state index is 6.04. The number of nitrogens with two attached hydrogens (primary N) is 1. The molecule has 1 unspecified atom stereocenters. The second kappa shape index (κ2) is 5.89. The van der Waals surface area contributed by atoms with E-state index in [0.29, 0.717) is 5.96 Å². The van der Waals surface area contributed by atoms with E-state index in [1.54, 1.807) is 0 Å². The van der Waals surface area contributed by atoms with E-state index in [2.05, 4.69) is 21.9 Å². The SMILES string of the molecule is CC1CCCN(C(N)=NCCc2cnn(C)c2)C1. The molecule has 0 saturated carbocycles. The summed E-state index contributed by atoms with van der Waals surface area (Å²) in [5, 5.41) is 4.14. The summed E-state index contributed by atoms with van der Waals surface area (Å²) in [7, 11) is 1.93. The van der Waals surface area contributed by atoms with Crippen molar-refractivity contribution in [1.29, 1.82) is 0 Å². The largest absolute Gasteiger partial charge is 0.370 e. The van der Waals surface area contributed by atoms with Crippen molar-refractivity contribution in [1.82, 2.24) is 14.7 Å². The number of hydrogen-bond acceptors (Lipinski definition) is 2. The van der Waals surface area contributed by atoms with Gasteiger partial charge in [-0.2, -0.15) is 5.10 Å². The number of rotatable bonds is 3. The molecule has 1 aliphatic rings. The minimum absolute atomic E-state index is 0.699. The van der Waals surface area contributed by atoms with E-state index in [9.17, 15) is 0 Å². The molecule has 0 amide bonds. The van der Waals surface area contributed by atoms with Gasteiger partial charge in [-0.05, 0) is 30.7 Å². The number of nitrogens with zero attached hydrogens (tertiary/aromatic N) is 4. The van der Waals surface area contributed by atoms with Crippen molar-refractivity contribution >= 4 is 5.96 Å². The Morgan fingerprint density at radius 3 is 3.11 bits per heavy atom. The number of likely N-dealkylation sites (tertiary alicyclic amines) is 1. The van der Waals surface area contributed by atoms with Gasteiger partial charge >= 0.3 is 0 Å². The van der Waals surface area contributed by atoms with Gasteiger partial charge in [-0.25, -0.2) is 0 Å². The lowest BCUT2D eigenvalue weighted by Crippen LogP contribution is -2.43. The molecule has 0 spiro atoms. The fourth-order valence-corrected chi connectivity index (χ4v) is 2.40. The number of piperidine rings is 1. The van der Waals surface area contributed by atoms with Gasteiger partial charge in [0, 0.05) is 32.9 Å². The summed E-state index contributed by atoms with van der Waals surface area (Å²) in [6.07, 6.45) is 7.33. The molecule has 2 rings (SSSR count). The lowest BCUT2D eigenvalue weighted by atomic mass is 10.0. The molecular weight excluding hydrogens is 226 g/mol. The van der Waals surface area contributed by atoms with E-state index in [1.165, 1.54) is 18.4 Å². The molecule has 2 heterocycles. The molecule has 5 heteroatoms. The molecule has 1 saturated heterocycles. The molecule has 1 aliphatic heterocycles. The Hall–Kier alpha value is -1.52. The Morgan fingerprint density at radius 1 is 1.61 bits per heavy atom. The standard InChI is InChI=1S/C13H23N5/c1-11-4-3-7-18(9-11)13(14)15-6-5-12-8-16-17(2)10-12/h8,10-11H,3-7,9H2,1-2H3,(H2,14,15). The Labute approximate surface area is 109 Å². The average molecular weight is 249 g/mol. The number of aryl methyl sites for hydroxylation is 1. The first-order valence-electron chi connectivity index (χ1n) is 6.67. The zero-order chi connectivity index (χ0) is 13.0. The van der Waals surface area contributed by atoms with Crippen LogP contribution in [0.5, 0.6) is 0 Å². The second-order valence-corrected chi connectivity index (χ2v) is 5.21. The number of aromatic nitrogens is 2. The van der Waals surface area contributed by atoms with Crippen molar-refractivity contribution in [2.24, 2.45) is 23.7 Å². The fourth-order valence-electron chi connectivity index (χ4n) is 2.40. The minimum atomic E-state index is 0.699. The molecule has 18 heavy (non-hydrogen) atoms. The van der Waals surface area contributed by atoms with Gasteiger partial charge in [0.15, 0.2) is 5.96 Å². The molecule has 0 aliphatic carbocycles. The van der Waals surface area contributed by atoms with Crippen LogP contribution in [0.1, 0.15) is 25.3 Å². The summed E-state index contributed by atoms with van der Waals surface area (Å²) in [4.78, 5) is 6.68. The highest BCUT2D eigenvalue weighted by Crippen LogP contribution is 2.14. The minimum Gasteiger partial charge on any atom is -0.370 e. The van der Waals surface area contributed by atoms with Crippen LogP contribution in [0.3, 0.4) is 0 Å². The van der Waals surface area contributed by atoms with Gasteiger partial charge in [-0.15, -0.1) is 0 Å². The zero-order valence-electron chi connectivity index (χ0n) is 11.3. The summed E-state index contributed by atoms with van der Waals surface area (Å²) >= 11 is 0. The highest BCUT2D eigenvalue weighted by atomic mass is 15.3. The highest BCUT2D eigenvalue weighted by Gasteiger charge is 2.17. The Balaban J connectivity index is 1.81. The van der Waals surface area contributed by atoms with Gasteiger partial charge in [0.1, 0.15) is 0 Å². The van der Waals surface area contributed by atoms with E-state index in [1.807, 2.05) is 24.1 Å². The molecule has 1 fully saturated rings. The van der Waals surface area contributed by atoms with Gasteiger partial charge in [-0.3, -0.25) is 9.67 Å². The van der Waals surface area contributed by atoms with E-state index < -0.39 is 0 Å². The molecule has 0 radical (unpaired) electrons. The summed E-state index contributed by atoms with van der Waals surface area (Å²) in [6.45, 7) is 5.10. The molecule has 2 N–H and O–H groups in total. The molecule has 0 aromatic carbocycles. The predicted molar refractivity (Wildman–Crippen MR) is 73.4 cm³/mol. The monoisotopic (exact) mass is 249 g/mol. The van der Waals surface area contributed by atoms with Gasteiger partial charge < -0.3 is 10.6 Å². The lowest BCUT2D eigenvalue weighted by molar-refractivity contribution is 0.270. The van der Waals surface area contributed by atoms with Crippen molar-refractivity contribution in [2.75, 3.05) is 19.6 Å². The molecule has 0 bridgehead atoms. The van der Waals surface area contributed by atoms with Crippen LogP contribution in [0.25, 0.3) is 0 Å². The molecule has 1 aromatic heterocycles. The summed E-state index contributed by atoms with van der Waals surface area (Å²) in [5.41, 5.74) is 7.24. The molecule has 5 nitrogen and oxygen atoms in total. The van der Waals surface area contributed by atoms with Gasteiger partial charge in [0.25, 0.3) is 0 Å². The third-order valence-electron chi connectivity index (χ3n) is 3.41. The van der Waals surface area contributed by atoms with Crippen LogP contribution in [0, 0.1) is 5.92 Å². The van der Waals surface area contributed by atoms with Crippen LogP contribution in [0.15, 0.2) is 17.4 Å². The van der Waals surface area contributed by atoms with E-state index in [0.717, 1.165) is 32.0 Å². The molecule has 1 aromatic rings. The fraction of sp³-hybridized carbons (Fsp3) is 0.692. The highest BCUT2D eigenvalue weighted by molar-refractivity contribution is 5.78. The van der Waals surface area contributed by atoms with E-state index >= 15 is 0 Å².